The molecular weight excluding hydrogens is 360 g/mol. The molecule has 1 aliphatic heterocycles. The predicted molar refractivity (Wildman–Crippen MR) is 111 cm³/mol. The first-order valence-electron chi connectivity index (χ1n) is 9.94. The van der Waals surface area contributed by atoms with Gasteiger partial charge in [-0.3, -0.25) is 4.79 Å². The molecule has 0 amide bonds. The highest BCUT2D eigenvalue weighted by Gasteiger charge is 2.54. The van der Waals surface area contributed by atoms with E-state index < -0.39 is 0 Å². The average molecular weight is 387 g/mol. The van der Waals surface area contributed by atoms with Crippen LogP contribution in [-0.4, -0.2) is 23.3 Å². The zero-order valence-corrected chi connectivity index (χ0v) is 17.0. The maximum absolute atomic E-state index is 12.1. The van der Waals surface area contributed by atoms with Gasteiger partial charge in [0.1, 0.15) is 0 Å². The Kier molecular flexibility index (Phi) is 4.20. The highest BCUT2D eigenvalue weighted by atomic mass is 32.2. The lowest BCUT2D eigenvalue weighted by Crippen LogP contribution is -2.33. The van der Waals surface area contributed by atoms with Crippen LogP contribution in [0.1, 0.15) is 49.5 Å². The zero-order chi connectivity index (χ0) is 17.8. The number of fused-ring (bicyclic) bond motifs is 6. The number of aromatic nitrogens is 1. The van der Waals surface area contributed by atoms with Gasteiger partial charge in [-0.15, -0.1) is 11.8 Å². The zero-order valence-electron chi connectivity index (χ0n) is 15.4. The van der Waals surface area contributed by atoms with Crippen LogP contribution in [0.4, 0.5) is 5.69 Å². The number of thioether (sulfide) groups is 1. The van der Waals surface area contributed by atoms with Crippen molar-refractivity contribution < 1.29 is 0 Å². The highest BCUT2D eigenvalue weighted by molar-refractivity contribution is 8.00. The summed E-state index contributed by atoms with van der Waals surface area (Å²) in [6.45, 7) is 6.49. The van der Waals surface area contributed by atoms with Gasteiger partial charge < -0.3 is 9.88 Å². The number of anilines is 1. The summed E-state index contributed by atoms with van der Waals surface area (Å²) in [5.74, 6) is 2.80. The molecule has 2 fully saturated rings. The Hall–Kier alpha value is -1.20. The number of aromatic amines is 1. The highest BCUT2D eigenvalue weighted by Crippen LogP contribution is 2.63. The summed E-state index contributed by atoms with van der Waals surface area (Å²) in [4.78, 5) is 19.0. The molecule has 26 heavy (non-hydrogen) atoms. The number of hydrogen-bond donors (Lipinski definition) is 1. The Balaban J connectivity index is 1.56. The van der Waals surface area contributed by atoms with E-state index in [1.807, 2.05) is 11.8 Å². The van der Waals surface area contributed by atoms with Crippen molar-refractivity contribution in [3.05, 3.63) is 44.4 Å². The largest absolute Gasteiger partial charge is 0.372 e. The van der Waals surface area contributed by atoms with Gasteiger partial charge in [0.2, 0.25) is 0 Å². The van der Waals surface area contributed by atoms with E-state index in [4.69, 9.17) is 0 Å². The van der Waals surface area contributed by atoms with Crippen LogP contribution in [-0.2, 0) is 0 Å². The minimum atomic E-state index is 0.111. The van der Waals surface area contributed by atoms with E-state index in [0.29, 0.717) is 17.1 Å². The molecule has 2 aliphatic carbocycles. The van der Waals surface area contributed by atoms with Gasteiger partial charge in [-0.25, -0.2) is 0 Å². The Morgan fingerprint density at radius 1 is 1.12 bits per heavy atom. The molecule has 2 aromatic rings. The normalized spacial score (nSPS) is 31.7. The first-order chi connectivity index (χ1) is 12.7. The maximum Gasteiger partial charge on any atom is 0.305 e. The second-order valence-electron chi connectivity index (χ2n) is 7.94. The van der Waals surface area contributed by atoms with Crippen molar-refractivity contribution in [2.75, 3.05) is 18.0 Å². The lowest BCUT2D eigenvalue weighted by atomic mass is 9.75. The quantitative estimate of drug-likeness (QED) is 0.809. The van der Waals surface area contributed by atoms with E-state index >= 15 is 0 Å². The monoisotopic (exact) mass is 386 g/mol. The van der Waals surface area contributed by atoms with Gasteiger partial charge in [-0.05, 0) is 68.6 Å². The van der Waals surface area contributed by atoms with E-state index in [2.05, 4.69) is 48.0 Å². The van der Waals surface area contributed by atoms with Crippen LogP contribution in [0.2, 0.25) is 0 Å². The minimum Gasteiger partial charge on any atom is -0.372 e. The van der Waals surface area contributed by atoms with Crippen molar-refractivity contribution in [1.82, 2.24) is 4.98 Å². The van der Waals surface area contributed by atoms with Crippen molar-refractivity contribution >= 4 is 28.8 Å². The molecule has 5 atom stereocenters. The standard InChI is InChI=1S/C21H26N2OS2/c1-3-23(4-2)15-9-7-12(8-10-15)16-17-13-5-6-14(11-13)18(17)25-20-19(16)26-21(24)22-20/h7-10,13-14,16-18H,3-6,11H2,1-2H3,(H,22,24)/t13-,14-,16-,17-,18-/m0/s1. The molecule has 1 aromatic heterocycles. The number of nitrogens with zero attached hydrogens (tertiary/aromatic N) is 1. The lowest BCUT2D eigenvalue weighted by Gasteiger charge is -2.40. The molecule has 3 aliphatic rings. The summed E-state index contributed by atoms with van der Waals surface area (Å²) in [6, 6.07) is 9.21. The molecule has 3 nitrogen and oxygen atoms in total. The summed E-state index contributed by atoms with van der Waals surface area (Å²) in [7, 11) is 0. The van der Waals surface area contributed by atoms with Crippen LogP contribution in [0.25, 0.3) is 0 Å². The molecule has 0 radical (unpaired) electrons. The number of H-pyrrole nitrogens is 1. The summed E-state index contributed by atoms with van der Waals surface area (Å²) >= 11 is 3.42. The van der Waals surface area contributed by atoms with Crippen molar-refractivity contribution in [2.45, 2.75) is 49.3 Å². The van der Waals surface area contributed by atoms with Crippen LogP contribution in [0, 0.1) is 17.8 Å². The molecule has 5 heteroatoms. The second-order valence-corrected chi connectivity index (χ2v) is 10.1. The molecule has 2 heterocycles. The van der Waals surface area contributed by atoms with E-state index in [1.165, 1.54) is 46.7 Å². The molecule has 0 unspecified atom stereocenters. The Bertz CT molecular complexity index is 852. The maximum atomic E-state index is 12.1. The van der Waals surface area contributed by atoms with Crippen molar-refractivity contribution in [3.8, 4) is 0 Å². The van der Waals surface area contributed by atoms with Crippen LogP contribution in [0.15, 0.2) is 34.1 Å². The van der Waals surface area contributed by atoms with Gasteiger partial charge >= 0.3 is 4.87 Å². The molecule has 1 N–H and O–H groups in total. The summed E-state index contributed by atoms with van der Waals surface area (Å²) in [5, 5.41) is 1.85. The van der Waals surface area contributed by atoms with Crippen LogP contribution in [0.3, 0.4) is 0 Å². The lowest BCUT2D eigenvalue weighted by molar-refractivity contribution is 0.307. The smallest absolute Gasteiger partial charge is 0.305 e. The Morgan fingerprint density at radius 2 is 1.85 bits per heavy atom. The number of rotatable bonds is 4. The third-order valence-electron chi connectivity index (χ3n) is 6.85. The topological polar surface area (TPSA) is 36.1 Å². The van der Waals surface area contributed by atoms with E-state index in [9.17, 15) is 4.79 Å². The van der Waals surface area contributed by atoms with Crippen LogP contribution >= 0.6 is 23.1 Å². The Morgan fingerprint density at radius 3 is 2.58 bits per heavy atom. The number of thiazole rings is 1. The molecule has 5 rings (SSSR count). The minimum absolute atomic E-state index is 0.111. The summed E-state index contributed by atoms with van der Waals surface area (Å²) in [5.41, 5.74) is 2.70. The third-order valence-corrected chi connectivity index (χ3v) is 9.47. The molecule has 0 spiro atoms. The molecule has 1 aromatic carbocycles. The van der Waals surface area contributed by atoms with Crippen molar-refractivity contribution in [2.24, 2.45) is 17.8 Å². The molecule has 138 valence electrons. The van der Waals surface area contributed by atoms with E-state index in [0.717, 1.165) is 30.0 Å². The molecule has 0 saturated heterocycles. The van der Waals surface area contributed by atoms with E-state index in [-0.39, 0.29) is 4.87 Å². The first kappa shape index (κ1) is 16.9. The Labute approximate surface area is 163 Å². The van der Waals surface area contributed by atoms with Crippen molar-refractivity contribution in [3.63, 3.8) is 0 Å². The molecular formula is C21H26N2OS2. The fourth-order valence-corrected chi connectivity index (χ4v) is 8.60. The van der Waals surface area contributed by atoms with Crippen molar-refractivity contribution in [1.29, 1.82) is 0 Å². The second kappa shape index (κ2) is 6.45. The number of hydrogen-bond acceptors (Lipinski definition) is 4. The van der Waals surface area contributed by atoms with Gasteiger partial charge in [0.15, 0.2) is 0 Å². The fraction of sp³-hybridized carbons (Fsp3) is 0.571. The SMILES string of the molecule is CCN(CC)c1ccc([C@@H]2c3sc(=O)[nH]c3S[C@H]3[C@H]4CC[C@@H](C4)[C@@H]23)cc1. The number of benzene rings is 1. The predicted octanol–water partition coefficient (Wildman–Crippen LogP) is 4.93. The molecule has 2 bridgehead atoms. The third kappa shape index (κ3) is 2.50. The fourth-order valence-electron chi connectivity index (χ4n) is 5.70. The van der Waals surface area contributed by atoms with Crippen LogP contribution < -0.4 is 9.77 Å². The average Bonchev–Trinajstić information content (AvgIpc) is 3.35. The summed E-state index contributed by atoms with van der Waals surface area (Å²) < 4.78 is 0. The summed E-state index contributed by atoms with van der Waals surface area (Å²) in [6.07, 6.45) is 4.17. The van der Waals surface area contributed by atoms with Gasteiger partial charge in [-0.1, -0.05) is 23.5 Å². The van der Waals surface area contributed by atoms with Gasteiger partial charge in [0.05, 0.1) is 5.03 Å². The first-order valence-corrected chi connectivity index (χ1v) is 11.6. The molecule has 2 saturated carbocycles. The van der Waals surface area contributed by atoms with E-state index in [1.54, 1.807) is 0 Å². The van der Waals surface area contributed by atoms with Gasteiger partial charge in [-0.2, -0.15) is 0 Å². The van der Waals surface area contributed by atoms with Gasteiger partial charge in [0, 0.05) is 34.8 Å². The van der Waals surface area contributed by atoms with Crippen LogP contribution in [0.5, 0.6) is 0 Å². The number of nitrogens with one attached hydrogen (secondary N) is 1. The van der Waals surface area contributed by atoms with Gasteiger partial charge in [0.25, 0.3) is 0 Å².